The van der Waals surface area contributed by atoms with Crippen LogP contribution in [0.1, 0.15) is 16.8 Å². The molecule has 0 saturated heterocycles. The molecule has 6 nitrogen and oxygen atoms in total. The summed E-state index contributed by atoms with van der Waals surface area (Å²) in [6.45, 7) is 0.334. The third-order valence-corrected chi connectivity index (χ3v) is 2.18. The molecule has 0 N–H and O–H groups in total. The van der Waals surface area contributed by atoms with Gasteiger partial charge in [-0.2, -0.15) is 5.10 Å². The van der Waals surface area contributed by atoms with E-state index in [1.165, 1.54) is 18.2 Å². The maximum absolute atomic E-state index is 11.8. The fraction of sp³-hybridized carbons (Fsp3) is 0.500. The van der Waals surface area contributed by atoms with E-state index in [0.717, 1.165) is 0 Å². The lowest BCUT2D eigenvalue weighted by Gasteiger charge is -2.14. The first-order chi connectivity index (χ1) is 7.54. The van der Waals surface area contributed by atoms with Crippen LogP contribution in [0.15, 0.2) is 12.4 Å². The fourth-order valence-electron chi connectivity index (χ4n) is 1.21. The molecule has 0 radical (unpaired) electrons. The monoisotopic (exact) mass is 225 g/mol. The van der Waals surface area contributed by atoms with E-state index in [9.17, 15) is 9.59 Å². The summed E-state index contributed by atoms with van der Waals surface area (Å²) in [4.78, 5) is 24.1. The summed E-state index contributed by atoms with van der Waals surface area (Å²) >= 11 is 0. The molecule has 1 rings (SSSR count). The molecule has 0 aromatic carbocycles. The van der Waals surface area contributed by atoms with E-state index < -0.39 is 0 Å². The molecule has 0 saturated carbocycles. The first-order valence-corrected chi connectivity index (χ1v) is 4.85. The van der Waals surface area contributed by atoms with Crippen LogP contribution in [0.4, 0.5) is 0 Å². The van der Waals surface area contributed by atoms with E-state index >= 15 is 0 Å². The highest BCUT2D eigenvalue weighted by atomic mass is 16.5. The largest absolute Gasteiger partial charge is 0.469 e. The van der Waals surface area contributed by atoms with Gasteiger partial charge in [0.15, 0.2) is 0 Å². The van der Waals surface area contributed by atoms with E-state index in [1.807, 2.05) is 0 Å². The summed E-state index contributed by atoms with van der Waals surface area (Å²) < 4.78 is 6.05. The maximum Gasteiger partial charge on any atom is 0.307 e. The second kappa shape index (κ2) is 5.29. The van der Waals surface area contributed by atoms with E-state index in [0.29, 0.717) is 12.1 Å². The molecular weight excluding hydrogens is 210 g/mol. The van der Waals surface area contributed by atoms with Gasteiger partial charge in [-0.25, -0.2) is 0 Å². The predicted octanol–water partition coefficient (Wildman–Crippen LogP) is 0.0552. The summed E-state index contributed by atoms with van der Waals surface area (Å²) in [7, 11) is 4.70. The Kier molecular flexibility index (Phi) is 4.04. The van der Waals surface area contributed by atoms with Crippen LogP contribution in [0.5, 0.6) is 0 Å². The highest BCUT2D eigenvalue weighted by molar-refractivity contribution is 5.93. The van der Waals surface area contributed by atoms with Crippen LogP contribution in [0.3, 0.4) is 0 Å². The normalized spacial score (nSPS) is 9.94. The van der Waals surface area contributed by atoms with Crippen molar-refractivity contribution in [1.29, 1.82) is 0 Å². The van der Waals surface area contributed by atoms with Crippen molar-refractivity contribution in [3.05, 3.63) is 18.0 Å². The van der Waals surface area contributed by atoms with Crippen LogP contribution < -0.4 is 0 Å². The zero-order chi connectivity index (χ0) is 12.1. The molecule has 0 fully saturated rings. The first kappa shape index (κ1) is 12.2. The Labute approximate surface area is 93.8 Å². The molecule has 16 heavy (non-hydrogen) atoms. The van der Waals surface area contributed by atoms with Crippen LogP contribution >= 0.6 is 0 Å². The van der Waals surface area contributed by atoms with Crippen molar-refractivity contribution in [2.75, 3.05) is 20.7 Å². The van der Waals surface area contributed by atoms with Crippen molar-refractivity contribution in [3.63, 3.8) is 0 Å². The van der Waals surface area contributed by atoms with Crippen LogP contribution in [0.25, 0.3) is 0 Å². The highest BCUT2D eigenvalue weighted by Gasteiger charge is 2.14. The lowest BCUT2D eigenvalue weighted by Crippen LogP contribution is -2.29. The zero-order valence-corrected chi connectivity index (χ0v) is 9.64. The number of carbonyl (C=O) groups excluding carboxylic acids is 2. The van der Waals surface area contributed by atoms with Gasteiger partial charge in [-0.15, -0.1) is 0 Å². The number of carbonyl (C=O) groups is 2. The van der Waals surface area contributed by atoms with Crippen molar-refractivity contribution in [3.8, 4) is 0 Å². The second-order valence-electron chi connectivity index (χ2n) is 3.46. The molecule has 0 aliphatic heterocycles. The molecule has 1 amide bonds. The van der Waals surface area contributed by atoms with E-state index in [-0.39, 0.29) is 18.3 Å². The smallest absolute Gasteiger partial charge is 0.307 e. The van der Waals surface area contributed by atoms with Gasteiger partial charge in [-0.1, -0.05) is 0 Å². The van der Waals surface area contributed by atoms with Crippen molar-refractivity contribution < 1.29 is 14.3 Å². The van der Waals surface area contributed by atoms with Crippen molar-refractivity contribution >= 4 is 11.9 Å². The number of hydrogen-bond acceptors (Lipinski definition) is 4. The molecule has 1 aromatic heterocycles. The number of nitrogens with zero attached hydrogens (tertiary/aromatic N) is 3. The van der Waals surface area contributed by atoms with Gasteiger partial charge < -0.3 is 9.64 Å². The maximum atomic E-state index is 11.8. The van der Waals surface area contributed by atoms with E-state index in [1.54, 1.807) is 25.0 Å². The third-order valence-electron chi connectivity index (χ3n) is 2.18. The summed E-state index contributed by atoms with van der Waals surface area (Å²) in [6.07, 6.45) is 3.33. The lowest BCUT2D eigenvalue weighted by molar-refractivity contribution is -0.140. The summed E-state index contributed by atoms with van der Waals surface area (Å²) in [5, 5.41) is 3.91. The number of methoxy groups -OCH3 is 1. The second-order valence-corrected chi connectivity index (χ2v) is 3.46. The molecule has 6 heteroatoms. The van der Waals surface area contributed by atoms with Gasteiger partial charge >= 0.3 is 5.97 Å². The van der Waals surface area contributed by atoms with Crippen LogP contribution in [-0.2, 0) is 16.6 Å². The Morgan fingerprint density at radius 3 is 2.75 bits per heavy atom. The third kappa shape index (κ3) is 3.08. The SMILES string of the molecule is COC(=O)CCN(C)C(=O)c1cnn(C)c1. The van der Waals surface area contributed by atoms with E-state index in [4.69, 9.17) is 0 Å². The molecule has 0 spiro atoms. The minimum absolute atomic E-state index is 0.156. The van der Waals surface area contributed by atoms with Crippen LogP contribution in [0.2, 0.25) is 0 Å². The van der Waals surface area contributed by atoms with Crippen molar-refractivity contribution in [2.24, 2.45) is 7.05 Å². The number of hydrogen-bond donors (Lipinski definition) is 0. The van der Waals surface area contributed by atoms with Gasteiger partial charge in [0.25, 0.3) is 5.91 Å². The van der Waals surface area contributed by atoms with Gasteiger partial charge in [-0.05, 0) is 0 Å². The summed E-state index contributed by atoms with van der Waals surface area (Å²) in [5.74, 6) is -0.483. The van der Waals surface area contributed by atoms with Gasteiger partial charge in [0.05, 0.1) is 25.3 Å². The number of amides is 1. The number of esters is 1. The molecule has 0 bridgehead atoms. The average Bonchev–Trinajstić information content (AvgIpc) is 2.71. The van der Waals surface area contributed by atoms with Crippen molar-refractivity contribution in [2.45, 2.75) is 6.42 Å². The number of aryl methyl sites for hydroxylation is 1. The minimum Gasteiger partial charge on any atom is -0.469 e. The van der Waals surface area contributed by atoms with Crippen LogP contribution in [0, 0.1) is 0 Å². The molecule has 0 aliphatic rings. The standard InChI is InChI=1S/C10H15N3O3/c1-12(5-4-9(14)16-3)10(15)8-6-11-13(2)7-8/h6-7H,4-5H2,1-3H3. The fourth-order valence-corrected chi connectivity index (χ4v) is 1.21. The number of rotatable bonds is 4. The zero-order valence-electron chi connectivity index (χ0n) is 9.64. The molecule has 1 heterocycles. The predicted molar refractivity (Wildman–Crippen MR) is 56.8 cm³/mol. The molecular formula is C10H15N3O3. The number of ether oxygens (including phenoxy) is 1. The average molecular weight is 225 g/mol. The minimum atomic E-state index is -0.328. The number of aromatic nitrogens is 2. The Hall–Kier alpha value is -1.85. The Balaban J connectivity index is 2.51. The molecule has 88 valence electrons. The van der Waals surface area contributed by atoms with Crippen molar-refractivity contribution in [1.82, 2.24) is 14.7 Å². The molecule has 0 unspecified atom stereocenters. The quantitative estimate of drug-likeness (QED) is 0.679. The van der Waals surface area contributed by atoms with Gasteiger partial charge in [0.2, 0.25) is 0 Å². The van der Waals surface area contributed by atoms with Gasteiger partial charge in [0, 0.05) is 26.8 Å². The molecule has 0 atom stereocenters. The Morgan fingerprint density at radius 1 is 1.56 bits per heavy atom. The summed E-state index contributed by atoms with van der Waals surface area (Å²) in [5.41, 5.74) is 0.509. The first-order valence-electron chi connectivity index (χ1n) is 4.85. The Bertz CT molecular complexity index is 386. The van der Waals surface area contributed by atoms with E-state index in [2.05, 4.69) is 9.84 Å². The molecule has 0 aliphatic carbocycles. The highest BCUT2D eigenvalue weighted by Crippen LogP contribution is 2.02. The molecule has 1 aromatic rings. The topological polar surface area (TPSA) is 64.4 Å². The van der Waals surface area contributed by atoms with Gasteiger partial charge in [-0.3, -0.25) is 14.3 Å². The lowest BCUT2D eigenvalue weighted by atomic mass is 10.3. The van der Waals surface area contributed by atoms with Gasteiger partial charge in [0.1, 0.15) is 0 Å². The summed E-state index contributed by atoms with van der Waals surface area (Å²) in [6, 6.07) is 0. The Morgan fingerprint density at radius 2 is 2.25 bits per heavy atom. The van der Waals surface area contributed by atoms with Crippen LogP contribution in [-0.4, -0.2) is 47.3 Å².